The fourth-order valence-electron chi connectivity index (χ4n) is 2.99. The Hall–Kier alpha value is -2.38. The van der Waals surface area contributed by atoms with E-state index in [4.69, 9.17) is 14.0 Å². The first-order valence-electron chi connectivity index (χ1n) is 9.21. The minimum Gasteiger partial charge on any atom is -0.482 e. The van der Waals surface area contributed by atoms with Crippen molar-refractivity contribution in [3.8, 4) is 11.5 Å². The molecule has 6 nitrogen and oxygen atoms in total. The molecule has 0 fully saturated rings. The van der Waals surface area contributed by atoms with Crippen LogP contribution in [-0.4, -0.2) is 25.5 Å². The molecule has 2 rings (SSSR count). The van der Waals surface area contributed by atoms with Gasteiger partial charge >= 0.3 is 5.97 Å². The molecule has 0 heterocycles. The van der Waals surface area contributed by atoms with Gasteiger partial charge in [0.1, 0.15) is 11.5 Å². The van der Waals surface area contributed by atoms with E-state index in [1.165, 1.54) is 17.7 Å². The van der Waals surface area contributed by atoms with E-state index in [0.717, 1.165) is 25.0 Å². The zero-order valence-electron chi connectivity index (χ0n) is 16.3. The van der Waals surface area contributed by atoms with Crippen molar-refractivity contribution in [1.29, 1.82) is 0 Å². The number of ether oxygens (including phenoxy) is 2. The molecule has 0 spiro atoms. The van der Waals surface area contributed by atoms with E-state index in [-0.39, 0.29) is 17.3 Å². The van der Waals surface area contributed by atoms with Gasteiger partial charge in [0.2, 0.25) is 0 Å². The largest absolute Gasteiger partial charge is 0.482 e. The summed E-state index contributed by atoms with van der Waals surface area (Å²) >= 11 is 0. The highest BCUT2D eigenvalue weighted by molar-refractivity contribution is 7.85. The van der Waals surface area contributed by atoms with Gasteiger partial charge in [-0.25, -0.2) is 4.79 Å². The van der Waals surface area contributed by atoms with Gasteiger partial charge in [-0.1, -0.05) is 39.3 Å². The Kier molecular flexibility index (Phi) is 7.60. The molecule has 152 valence electrons. The highest BCUT2D eigenvalue weighted by atomic mass is 32.2. The van der Waals surface area contributed by atoms with Crippen molar-refractivity contribution in [3.05, 3.63) is 54.1 Å². The molecule has 0 saturated heterocycles. The topological polar surface area (TPSA) is 89.9 Å². The first kappa shape index (κ1) is 21.9. The third-order valence-corrected chi connectivity index (χ3v) is 5.29. The van der Waals surface area contributed by atoms with Gasteiger partial charge in [-0.2, -0.15) is 8.42 Å². The summed E-state index contributed by atoms with van der Waals surface area (Å²) in [4.78, 5) is 11.6. The van der Waals surface area contributed by atoms with Crippen molar-refractivity contribution in [2.24, 2.45) is 5.92 Å². The molecule has 1 N–H and O–H groups in total. The molecule has 0 aromatic heterocycles. The molecule has 1 unspecified atom stereocenters. The fourth-order valence-corrected chi connectivity index (χ4v) is 3.47. The molecular formula is C21H26O6S. The SMILES string of the molecule is CCCC(c1ccc(OCC(=O)Oc2ccc(S(=O)(=O)O)cc2)cc1)C(C)C. The Labute approximate surface area is 166 Å². The van der Waals surface area contributed by atoms with Gasteiger partial charge in [-0.3, -0.25) is 4.55 Å². The van der Waals surface area contributed by atoms with E-state index in [1.54, 1.807) is 0 Å². The van der Waals surface area contributed by atoms with E-state index >= 15 is 0 Å². The van der Waals surface area contributed by atoms with Crippen molar-refractivity contribution in [2.75, 3.05) is 6.61 Å². The van der Waals surface area contributed by atoms with Gasteiger partial charge in [0.05, 0.1) is 4.90 Å². The second-order valence-corrected chi connectivity index (χ2v) is 8.34. The van der Waals surface area contributed by atoms with E-state index in [0.29, 0.717) is 17.6 Å². The van der Waals surface area contributed by atoms with Gasteiger partial charge in [0, 0.05) is 0 Å². The fraction of sp³-hybridized carbons (Fsp3) is 0.381. The second kappa shape index (κ2) is 9.71. The molecule has 0 radical (unpaired) electrons. The lowest BCUT2D eigenvalue weighted by molar-refractivity contribution is -0.136. The van der Waals surface area contributed by atoms with Crippen LogP contribution in [0.5, 0.6) is 11.5 Å². The monoisotopic (exact) mass is 406 g/mol. The normalized spacial score (nSPS) is 12.6. The third kappa shape index (κ3) is 6.35. The molecule has 0 aliphatic heterocycles. The molecule has 0 aliphatic rings. The van der Waals surface area contributed by atoms with Crippen LogP contribution in [-0.2, 0) is 14.9 Å². The number of hydrogen-bond donors (Lipinski definition) is 1. The zero-order chi connectivity index (χ0) is 20.7. The summed E-state index contributed by atoms with van der Waals surface area (Å²) in [7, 11) is -4.28. The van der Waals surface area contributed by atoms with Crippen molar-refractivity contribution in [1.82, 2.24) is 0 Å². The molecule has 7 heteroatoms. The van der Waals surface area contributed by atoms with Crippen LogP contribution in [0.3, 0.4) is 0 Å². The average Bonchev–Trinajstić information content (AvgIpc) is 2.64. The van der Waals surface area contributed by atoms with Crippen molar-refractivity contribution in [3.63, 3.8) is 0 Å². The Balaban J connectivity index is 1.90. The number of benzene rings is 2. The highest BCUT2D eigenvalue weighted by Gasteiger charge is 2.15. The molecule has 2 aromatic rings. The van der Waals surface area contributed by atoms with Crippen LogP contribution >= 0.6 is 0 Å². The summed E-state index contributed by atoms with van der Waals surface area (Å²) in [6.07, 6.45) is 2.25. The summed E-state index contributed by atoms with van der Waals surface area (Å²) < 4.78 is 41.5. The van der Waals surface area contributed by atoms with Gasteiger partial charge < -0.3 is 9.47 Å². The average molecular weight is 407 g/mol. The minimum absolute atomic E-state index is 0.163. The summed E-state index contributed by atoms with van der Waals surface area (Å²) in [6, 6.07) is 12.6. The molecule has 0 bridgehead atoms. The third-order valence-electron chi connectivity index (χ3n) is 4.42. The molecule has 0 saturated carbocycles. The van der Waals surface area contributed by atoms with E-state index < -0.39 is 16.1 Å². The highest BCUT2D eigenvalue weighted by Crippen LogP contribution is 2.30. The van der Waals surface area contributed by atoms with Crippen LogP contribution in [0.15, 0.2) is 53.4 Å². The summed E-state index contributed by atoms with van der Waals surface area (Å²) in [6.45, 7) is 6.32. The van der Waals surface area contributed by atoms with Gasteiger partial charge in [-0.05, 0) is 60.2 Å². The Morgan fingerprint density at radius 2 is 1.57 bits per heavy atom. The molecule has 0 amide bonds. The maximum absolute atomic E-state index is 11.9. The van der Waals surface area contributed by atoms with Gasteiger partial charge in [0.15, 0.2) is 6.61 Å². The summed E-state index contributed by atoms with van der Waals surface area (Å²) in [5.74, 6) is 1.16. The van der Waals surface area contributed by atoms with Gasteiger partial charge in [0.25, 0.3) is 10.1 Å². The van der Waals surface area contributed by atoms with Gasteiger partial charge in [-0.15, -0.1) is 0 Å². The summed E-state index contributed by atoms with van der Waals surface area (Å²) in [5.41, 5.74) is 1.26. The quantitative estimate of drug-likeness (QED) is 0.376. The Bertz CT molecular complexity index is 870. The maximum atomic E-state index is 11.9. The molecule has 0 aliphatic carbocycles. The van der Waals surface area contributed by atoms with E-state index in [2.05, 4.69) is 20.8 Å². The van der Waals surface area contributed by atoms with Crippen LogP contribution in [0, 0.1) is 5.92 Å². The van der Waals surface area contributed by atoms with E-state index in [9.17, 15) is 13.2 Å². The smallest absolute Gasteiger partial charge is 0.349 e. The first-order valence-corrected chi connectivity index (χ1v) is 10.7. The lowest BCUT2D eigenvalue weighted by Gasteiger charge is -2.21. The van der Waals surface area contributed by atoms with Crippen LogP contribution in [0.4, 0.5) is 0 Å². The van der Waals surface area contributed by atoms with Crippen molar-refractivity contribution >= 4 is 16.1 Å². The van der Waals surface area contributed by atoms with E-state index in [1.807, 2.05) is 24.3 Å². The lowest BCUT2D eigenvalue weighted by atomic mass is 9.85. The van der Waals surface area contributed by atoms with Crippen LogP contribution < -0.4 is 9.47 Å². The number of esters is 1. The Morgan fingerprint density at radius 3 is 2.07 bits per heavy atom. The first-order chi connectivity index (χ1) is 13.2. The van der Waals surface area contributed by atoms with Crippen LogP contribution in [0.25, 0.3) is 0 Å². The number of hydrogen-bond acceptors (Lipinski definition) is 5. The molecular weight excluding hydrogens is 380 g/mol. The molecule has 2 aromatic carbocycles. The predicted octanol–water partition coefficient (Wildman–Crippen LogP) is 4.46. The molecule has 1 atom stereocenters. The zero-order valence-corrected chi connectivity index (χ0v) is 17.1. The van der Waals surface area contributed by atoms with Crippen molar-refractivity contribution < 1.29 is 27.2 Å². The predicted molar refractivity (Wildman–Crippen MR) is 106 cm³/mol. The van der Waals surface area contributed by atoms with Crippen molar-refractivity contribution in [2.45, 2.75) is 44.4 Å². The second-order valence-electron chi connectivity index (χ2n) is 6.92. The number of carbonyl (C=O) groups is 1. The standard InChI is InChI=1S/C21H26O6S/c1-4-5-20(15(2)3)16-6-8-17(9-7-16)26-14-21(22)27-18-10-12-19(13-11-18)28(23,24)25/h6-13,15,20H,4-5,14H2,1-3H3,(H,23,24,25). The summed E-state index contributed by atoms with van der Waals surface area (Å²) in [5, 5.41) is 0. The van der Waals surface area contributed by atoms with Crippen LogP contribution in [0.1, 0.15) is 45.1 Å². The minimum atomic E-state index is -4.28. The maximum Gasteiger partial charge on any atom is 0.349 e. The van der Waals surface area contributed by atoms with Crippen LogP contribution in [0.2, 0.25) is 0 Å². The lowest BCUT2D eigenvalue weighted by Crippen LogP contribution is -2.17. The Morgan fingerprint density at radius 1 is 1.00 bits per heavy atom. The molecule has 28 heavy (non-hydrogen) atoms. The number of carbonyl (C=O) groups excluding carboxylic acids is 1. The number of rotatable bonds is 9.